The second kappa shape index (κ2) is 6.55. The molecule has 5 nitrogen and oxygen atoms in total. The number of imidazole rings is 2. The molecule has 0 bridgehead atoms. The third-order valence-corrected chi connectivity index (χ3v) is 5.56. The summed E-state index contributed by atoms with van der Waals surface area (Å²) in [6.07, 6.45) is 5.05. The number of hydrogen-bond acceptors (Lipinski definition) is 3. The second-order valence-electron chi connectivity index (χ2n) is 6.16. The molecule has 4 rings (SSSR count). The van der Waals surface area contributed by atoms with E-state index in [4.69, 9.17) is 12.2 Å². The van der Waals surface area contributed by atoms with Crippen molar-refractivity contribution >= 4 is 34.1 Å². The Morgan fingerprint density at radius 2 is 2.23 bits per heavy atom. The van der Waals surface area contributed by atoms with Gasteiger partial charge in [0, 0.05) is 41.8 Å². The quantitative estimate of drug-likeness (QED) is 0.496. The summed E-state index contributed by atoms with van der Waals surface area (Å²) in [7, 11) is 0. The van der Waals surface area contributed by atoms with E-state index in [9.17, 15) is 13.6 Å². The summed E-state index contributed by atoms with van der Waals surface area (Å²) >= 11 is 8.44. The van der Waals surface area contributed by atoms with Crippen molar-refractivity contribution in [2.45, 2.75) is 25.3 Å². The number of H-pyrrole nitrogens is 1. The second-order valence-corrected chi connectivity index (χ2v) is 7.41. The van der Waals surface area contributed by atoms with Crippen molar-refractivity contribution < 1.29 is 13.6 Å². The number of nitrogens with zero attached hydrogens (tertiary/aromatic N) is 3. The van der Waals surface area contributed by atoms with Gasteiger partial charge in [-0.3, -0.25) is 9.36 Å². The number of fused-ring (bicyclic) bond motifs is 1. The first-order valence-corrected chi connectivity index (χ1v) is 9.11. The van der Waals surface area contributed by atoms with Gasteiger partial charge in [-0.1, -0.05) is 0 Å². The lowest BCUT2D eigenvalue weighted by Crippen LogP contribution is -2.13. The van der Waals surface area contributed by atoms with Crippen LogP contribution < -0.4 is 0 Å². The molecule has 2 aromatic heterocycles. The highest BCUT2D eigenvalue weighted by Gasteiger charge is 2.31. The normalized spacial score (nSPS) is 16.0. The van der Waals surface area contributed by atoms with Gasteiger partial charge in [0.1, 0.15) is 18.0 Å². The lowest BCUT2D eigenvalue weighted by molar-refractivity contribution is 0.0912. The van der Waals surface area contributed by atoms with Gasteiger partial charge in [-0.2, -0.15) is 0 Å². The Balaban J connectivity index is 1.65. The van der Waals surface area contributed by atoms with Crippen LogP contribution in [0.2, 0.25) is 0 Å². The fourth-order valence-electron chi connectivity index (χ4n) is 3.40. The van der Waals surface area contributed by atoms with Crippen LogP contribution in [0.1, 0.15) is 27.7 Å². The zero-order valence-corrected chi connectivity index (χ0v) is 15.8. The van der Waals surface area contributed by atoms with Crippen molar-refractivity contribution in [3.05, 3.63) is 68.7 Å². The third kappa shape index (κ3) is 2.84. The Kier molecular flexibility index (Phi) is 4.36. The van der Waals surface area contributed by atoms with Gasteiger partial charge in [0.25, 0.3) is 0 Å². The van der Waals surface area contributed by atoms with E-state index in [1.54, 1.807) is 6.20 Å². The molecular formula is C17H13BrF2N4OS. The number of benzene rings is 1. The Labute approximate surface area is 160 Å². The molecule has 3 aromatic rings. The van der Waals surface area contributed by atoms with E-state index in [0.29, 0.717) is 23.4 Å². The van der Waals surface area contributed by atoms with Gasteiger partial charge in [-0.05, 0) is 46.7 Å². The summed E-state index contributed by atoms with van der Waals surface area (Å²) in [4.78, 5) is 19.2. The number of carbonyl (C=O) groups is 1. The van der Waals surface area contributed by atoms with Crippen molar-refractivity contribution in [3.8, 4) is 0 Å². The Morgan fingerprint density at radius 3 is 2.96 bits per heavy atom. The maximum Gasteiger partial charge on any atom is 0.237 e. The molecule has 1 aromatic carbocycles. The summed E-state index contributed by atoms with van der Waals surface area (Å²) in [6, 6.07) is 2.60. The molecule has 0 amide bonds. The fourth-order valence-corrected chi connectivity index (χ4v) is 4.06. The average molecular weight is 439 g/mol. The first-order chi connectivity index (χ1) is 12.5. The van der Waals surface area contributed by atoms with Crippen molar-refractivity contribution in [3.63, 3.8) is 0 Å². The minimum Gasteiger partial charge on any atom is -0.334 e. The molecule has 1 aliphatic rings. The van der Waals surface area contributed by atoms with Crippen molar-refractivity contribution in [2.75, 3.05) is 0 Å². The van der Waals surface area contributed by atoms with Gasteiger partial charge >= 0.3 is 0 Å². The van der Waals surface area contributed by atoms with E-state index in [0.717, 1.165) is 5.69 Å². The lowest BCUT2D eigenvalue weighted by Gasteiger charge is -2.13. The van der Waals surface area contributed by atoms with Crippen LogP contribution in [-0.2, 0) is 19.4 Å². The average Bonchev–Trinajstić information content (AvgIpc) is 3.31. The molecule has 0 saturated heterocycles. The molecule has 26 heavy (non-hydrogen) atoms. The number of aromatic nitrogens is 4. The summed E-state index contributed by atoms with van der Waals surface area (Å²) < 4.78 is 32.6. The van der Waals surface area contributed by atoms with Gasteiger partial charge in [0.15, 0.2) is 4.77 Å². The van der Waals surface area contributed by atoms with Crippen LogP contribution in [0.15, 0.2) is 35.3 Å². The van der Waals surface area contributed by atoms with Crippen LogP contribution in [0, 0.1) is 16.4 Å². The number of rotatable bonds is 3. The minimum atomic E-state index is -0.591. The van der Waals surface area contributed by atoms with Gasteiger partial charge in [0.05, 0.1) is 10.9 Å². The molecule has 0 aliphatic carbocycles. The van der Waals surface area contributed by atoms with Crippen LogP contribution in [0.5, 0.6) is 0 Å². The smallest absolute Gasteiger partial charge is 0.237 e. The van der Waals surface area contributed by atoms with Gasteiger partial charge < -0.3 is 9.55 Å². The molecule has 3 heterocycles. The first kappa shape index (κ1) is 17.3. The van der Waals surface area contributed by atoms with Crippen molar-refractivity contribution in [1.82, 2.24) is 19.1 Å². The number of nitrogens with one attached hydrogen (secondary N) is 1. The van der Waals surface area contributed by atoms with E-state index in [1.165, 1.54) is 29.2 Å². The van der Waals surface area contributed by atoms with Crippen LogP contribution in [-0.4, -0.2) is 25.0 Å². The van der Waals surface area contributed by atoms with Crippen LogP contribution in [0.25, 0.3) is 0 Å². The Hall–Kier alpha value is -2.13. The van der Waals surface area contributed by atoms with E-state index in [-0.39, 0.29) is 28.3 Å². The third-order valence-electron chi connectivity index (χ3n) is 4.63. The molecule has 0 spiro atoms. The number of aromatic amines is 1. The van der Waals surface area contributed by atoms with E-state index >= 15 is 0 Å². The maximum absolute atomic E-state index is 14.4. The van der Waals surface area contributed by atoms with Gasteiger partial charge in [0.2, 0.25) is 5.91 Å². The van der Waals surface area contributed by atoms with Crippen LogP contribution in [0.3, 0.4) is 0 Å². The molecule has 0 unspecified atom stereocenters. The van der Waals surface area contributed by atoms with Gasteiger partial charge in [-0.25, -0.2) is 13.8 Å². The monoisotopic (exact) mass is 438 g/mol. The Bertz CT molecular complexity index is 1060. The largest absolute Gasteiger partial charge is 0.334 e. The molecule has 0 fully saturated rings. The van der Waals surface area contributed by atoms with E-state index in [1.807, 2.05) is 4.57 Å². The summed E-state index contributed by atoms with van der Waals surface area (Å²) in [6.45, 7) is 0.369. The van der Waals surface area contributed by atoms with Crippen LogP contribution >= 0.6 is 28.1 Å². The minimum absolute atomic E-state index is 0.0457. The predicted molar refractivity (Wildman–Crippen MR) is 96.7 cm³/mol. The molecule has 134 valence electrons. The molecule has 1 N–H and O–H groups in total. The fraction of sp³-hybridized carbons (Fsp3) is 0.235. The number of halogens is 3. The van der Waals surface area contributed by atoms with Crippen molar-refractivity contribution in [2.24, 2.45) is 0 Å². The van der Waals surface area contributed by atoms with Crippen LogP contribution in [0.4, 0.5) is 8.78 Å². The van der Waals surface area contributed by atoms with E-state index < -0.39 is 11.6 Å². The first-order valence-electron chi connectivity index (χ1n) is 7.90. The topological polar surface area (TPSA) is 55.6 Å². The highest BCUT2D eigenvalue weighted by molar-refractivity contribution is 9.10. The highest BCUT2D eigenvalue weighted by atomic mass is 79.9. The van der Waals surface area contributed by atoms with Crippen molar-refractivity contribution in [1.29, 1.82) is 0 Å². The zero-order valence-electron chi connectivity index (χ0n) is 13.4. The molecule has 1 aliphatic heterocycles. The molecule has 0 radical (unpaired) electrons. The number of carbonyl (C=O) groups excluding carboxylic acids is 1. The number of hydrogen-bond donors (Lipinski definition) is 1. The maximum atomic E-state index is 14.4. The predicted octanol–water partition coefficient (Wildman–Crippen LogP) is 4.01. The molecule has 1 atom stereocenters. The standard InChI is InChI=1S/C17H13BrF2N4OS/c18-10-1-2-11(19)15(16(10)20)9-5-13-12(22-17(26)24(13)7-9)6-14(25)23-4-3-21-8-23/h1-4,8-9H,5-7H2,(H,22,26)/t9-/m1/s1. The SMILES string of the molecule is O=C(Cc1[nH]c(=S)n2c1C[C@@H](c1c(F)ccc(Br)c1F)C2)n1ccnc1. The summed E-state index contributed by atoms with van der Waals surface area (Å²) in [5, 5.41) is 0. The Morgan fingerprint density at radius 1 is 1.42 bits per heavy atom. The lowest BCUT2D eigenvalue weighted by atomic mass is 9.95. The highest BCUT2D eigenvalue weighted by Crippen LogP contribution is 2.36. The van der Waals surface area contributed by atoms with Gasteiger partial charge in [-0.15, -0.1) is 0 Å². The molecule has 9 heteroatoms. The van der Waals surface area contributed by atoms with E-state index in [2.05, 4.69) is 25.9 Å². The zero-order chi connectivity index (χ0) is 18.4. The molecule has 0 saturated carbocycles. The summed E-state index contributed by atoms with van der Waals surface area (Å²) in [5.41, 5.74) is 1.53. The summed E-state index contributed by atoms with van der Waals surface area (Å²) in [5.74, 6) is -1.70. The molecular weight excluding hydrogens is 426 g/mol.